The minimum Gasteiger partial charge on any atom is -0.458 e. The molecule has 4 aliphatic rings. The molecule has 0 saturated heterocycles. The normalized spacial score (nSPS) is 41.1. The first kappa shape index (κ1) is 20.8. The zero-order valence-electron chi connectivity index (χ0n) is 18.3. The van der Waals surface area contributed by atoms with Crippen molar-refractivity contribution < 1.29 is 19.1 Å². The highest BCUT2D eigenvalue weighted by atomic mass is 16.5. The fourth-order valence-electron chi connectivity index (χ4n) is 7.62. The summed E-state index contributed by atoms with van der Waals surface area (Å²) >= 11 is 0. The Morgan fingerprint density at radius 2 is 1.86 bits per heavy atom. The van der Waals surface area contributed by atoms with Gasteiger partial charge in [0.25, 0.3) is 0 Å². The molecule has 4 nitrogen and oxygen atoms in total. The van der Waals surface area contributed by atoms with Crippen LogP contribution in [0.4, 0.5) is 0 Å². The number of fused-ring (bicyclic) bond motifs is 5. The van der Waals surface area contributed by atoms with Gasteiger partial charge in [-0.15, -0.1) is 0 Å². The molecule has 0 heterocycles. The van der Waals surface area contributed by atoms with Crippen molar-refractivity contribution in [3.05, 3.63) is 11.6 Å². The third-order valence-electron chi connectivity index (χ3n) is 9.18. The van der Waals surface area contributed by atoms with E-state index in [1.807, 2.05) is 13.0 Å². The number of Topliss-reactive ketones (excluding diaryl/α,β-unsaturated/α-hetero) is 1. The van der Waals surface area contributed by atoms with Gasteiger partial charge in [-0.25, -0.2) is 0 Å². The first-order valence-corrected chi connectivity index (χ1v) is 11.7. The van der Waals surface area contributed by atoms with E-state index in [-0.39, 0.29) is 35.1 Å². The monoisotopic (exact) mass is 400 g/mol. The number of esters is 1. The fourth-order valence-corrected chi connectivity index (χ4v) is 7.62. The summed E-state index contributed by atoms with van der Waals surface area (Å²) in [5, 5.41) is 0. The van der Waals surface area contributed by atoms with E-state index < -0.39 is 0 Å². The van der Waals surface area contributed by atoms with Gasteiger partial charge in [0.05, 0.1) is 0 Å². The van der Waals surface area contributed by atoms with Crippen LogP contribution in [0.15, 0.2) is 11.6 Å². The van der Waals surface area contributed by atoms with Gasteiger partial charge >= 0.3 is 5.97 Å². The summed E-state index contributed by atoms with van der Waals surface area (Å²) in [7, 11) is 0. The molecule has 0 amide bonds. The molecule has 4 aliphatic carbocycles. The van der Waals surface area contributed by atoms with Crippen LogP contribution in [0, 0.1) is 34.5 Å². The Hall–Kier alpha value is -1.45. The molecule has 0 unspecified atom stereocenters. The van der Waals surface area contributed by atoms with Gasteiger partial charge in [0, 0.05) is 18.8 Å². The molecule has 3 fully saturated rings. The van der Waals surface area contributed by atoms with Crippen molar-refractivity contribution in [1.82, 2.24) is 0 Å². The van der Waals surface area contributed by atoms with E-state index in [4.69, 9.17) is 4.74 Å². The maximum Gasteiger partial charge on any atom is 0.306 e. The number of carbonyl (C=O) groups is 3. The van der Waals surface area contributed by atoms with E-state index in [0.29, 0.717) is 36.4 Å². The highest BCUT2D eigenvalue weighted by Crippen LogP contribution is 2.66. The summed E-state index contributed by atoms with van der Waals surface area (Å²) in [4.78, 5) is 36.7. The zero-order chi connectivity index (χ0) is 20.8. The summed E-state index contributed by atoms with van der Waals surface area (Å²) in [6.07, 6.45) is 11.3. The lowest BCUT2D eigenvalue weighted by molar-refractivity contribution is -0.151. The van der Waals surface area contributed by atoms with Crippen LogP contribution in [0.1, 0.15) is 85.0 Å². The molecule has 0 N–H and O–H groups in total. The second kappa shape index (κ2) is 7.67. The molecule has 3 saturated carbocycles. The van der Waals surface area contributed by atoms with Crippen molar-refractivity contribution in [3.63, 3.8) is 0 Å². The second-order valence-corrected chi connectivity index (χ2v) is 10.5. The predicted octanol–water partition coefficient (Wildman–Crippen LogP) is 5.05. The predicted molar refractivity (Wildman–Crippen MR) is 111 cm³/mol. The van der Waals surface area contributed by atoms with Crippen LogP contribution in [-0.2, 0) is 19.1 Å². The van der Waals surface area contributed by atoms with Crippen molar-refractivity contribution >= 4 is 17.5 Å². The van der Waals surface area contributed by atoms with Crippen LogP contribution >= 0.6 is 0 Å². The molecule has 0 radical (unpaired) electrons. The number of ether oxygens (including phenoxy) is 1. The van der Waals surface area contributed by atoms with Crippen molar-refractivity contribution in [1.29, 1.82) is 0 Å². The van der Waals surface area contributed by atoms with Crippen LogP contribution in [0.25, 0.3) is 0 Å². The Labute approximate surface area is 174 Å². The van der Waals surface area contributed by atoms with E-state index >= 15 is 0 Å². The van der Waals surface area contributed by atoms with Gasteiger partial charge < -0.3 is 4.74 Å². The third kappa shape index (κ3) is 3.41. The molecule has 6 atom stereocenters. The Balaban J connectivity index is 1.49. The van der Waals surface area contributed by atoms with Gasteiger partial charge in [-0.1, -0.05) is 26.3 Å². The lowest BCUT2D eigenvalue weighted by Crippen LogP contribution is -2.51. The standard InChI is InChI=1S/C25H36O4/c1-4-5-23(28)29-15-22(27)21-9-8-19-18-7-6-16-14-17(26)10-12-24(16,2)20(18)11-13-25(19,21)3/h14,18-21H,4-13,15H2,1-3H3/t18-,19-,20-,21+,24-,25-/m0/s1. The largest absolute Gasteiger partial charge is 0.458 e. The first-order chi connectivity index (χ1) is 13.8. The second-order valence-electron chi connectivity index (χ2n) is 10.5. The van der Waals surface area contributed by atoms with Gasteiger partial charge in [0.1, 0.15) is 6.61 Å². The zero-order valence-corrected chi connectivity index (χ0v) is 18.3. The van der Waals surface area contributed by atoms with E-state index in [1.165, 1.54) is 5.57 Å². The SMILES string of the molecule is CCCC(=O)OCC(=O)[C@H]1CC[C@H]2[C@@H]3CCC4=CC(=O)CC[C@]4(C)[C@H]3CC[C@]12C. The van der Waals surface area contributed by atoms with Crippen LogP contribution in [0.3, 0.4) is 0 Å². The molecule has 160 valence electrons. The number of allylic oxidation sites excluding steroid dienone is 1. The van der Waals surface area contributed by atoms with Gasteiger partial charge in [-0.3, -0.25) is 14.4 Å². The summed E-state index contributed by atoms with van der Waals surface area (Å²) in [6.45, 7) is 6.62. The summed E-state index contributed by atoms with van der Waals surface area (Å²) in [5.74, 6) is 2.09. The molecule has 0 aliphatic heterocycles. The highest BCUT2D eigenvalue weighted by Gasteiger charge is 2.60. The molecular weight excluding hydrogens is 364 g/mol. The van der Waals surface area contributed by atoms with E-state index in [9.17, 15) is 14.4 Å². The molecule has 4 heteroatoms. The summed E-state index contributed by atoms with van der Waals surface area (Å²) in [6, 6.07) is 0. The Morgan fingerprint density at radius 3 is 2.62 bits per heavy atom. The van der Waals surface area contributed by atoms with Crippen LogP contribution in [0.5, 0.6) is 0 Å². The summed E-state index contributed by atoms with van der Waals surface area (Å²) in [5.41, 5.74) is 1.61. The molecule has 0 aromatic carbocycles. The van der Waals surface area contributed by atoms with E-state index in [0.717, 1.165) is 51.4 Å². The topological polar surface area (TPSA) is 60.4 Å². The van der Waals surface area contributed by atoms with Crippen molar-refractivity contribution in [2.75, 3.05) is 6.61 Å². The maximum atomic E-state index is 13.0. The van der Waals surface area contributed by atoms with Crippen LogP contribution in [0.2, 0.25) is 0 Å². The quantitative estimate of drug-likeness (QED) is 0.606. The van der Waals surface area contributed by atoms with Gasteiger partial charge in [0.15, 0.2) is 11.6 Å². The lowest BCUT2D eigenvalue weighted by Gasteiger charge is -2.58. The van der Waals surface area contributed by atoms with Crippen molar-refractivity contribution in [2.45, 2.75) is 85.0 Å². The number of rotatable bonds is 5. The van der Waals surface area contributed by atoms with Crippen LogP contribution < -0.4 is 0 Å². The minimum atomic E-state index is -0.254. The van der Waals surface area contributed by atoms with E-state index in [2.05, 4.69) is 13.8 Å². The Kier molecular flexibility index (Phi) is 5.50. The molecule has 0 aromatic rings. The smallest absolute Gasteiger partial charge is 0.306 e. The van der Waals surface area contributed by atoms with Crippen LogP contribution in [-0.4, -0.2) is 24.1 Å². The molecular formula is C25H36O4. The Morgan fingerprint density at radius 1 is 1.07 bits per heavy atom. The number of hydrogen-bond donors (Lipinski definition) is 0. The minimum absolute atomic E-state index is 0.0283. The maximum absolute atomic E-state index is 13.0. The number of ketones is 2. The average Bonchev–Trinajstić information content (AvgIpc) is 3.04. The average molecular weight is 401 g/mol. The number of hydrogen-bond acceptors (Lipinski definition) is 4. The fraction of sp³-hybridized carbons (Fsp3) is 0.800. The Bertz CT molecular complexity index is 737. The molecule has 29 heavy (non-hydrogen) atoms. The van der Waals surface area contributed by atoms with E-state index in [1.54, 1.807) is 0 Å². The number of carbonyl (C=O) groups excluding carboxylic acids is 3. The third-order valence-corrected chi connectivity index (χ3v) is 9.18. The molecule has 4 rings (SSSR count). The molecule has 0 aromatic heterocycles. The molecule has 0 spiro atoms. The van der Waals surface area contributed by atoms with Gasteiger partial charge in [-0.05, 0) is 86.0 Å². The van der Waals surface area contributed by atoms with Gasteiger partial charge in [-0.2, -0.15) is 0 Å². The molecule has 0 bridgehead atoms. The summed E-state index contributed by atoms with van der Waals surface area (Å²) < 4.78 is 5.26. The first-order valence-electron chi connectivity index (χ1n) is 11.7. The van der Waals surface area contributed by atoms with Crippen molar-refractivity contribution in [3.8, 4) is 0 Å². The lowest BCUT2D eigenvalue weighted by atomic mass is 9.46. The highest BCUT2D eigenvalue weighted by molar-refractivity contribution is 5.91. The van der Waals surface area contributed by atoms with Gasteiger partial charge in [0.2, 0.25) is 0 Å². The van der Waals surface area contributed by atoms with Crippen molar-refractivity contribution in [2.24, 2.45) is 34.5 Å².